The summed E-state index contributed by atoms with van der Waals surface area (Å²) in [6.45, 7) is 3.96. The van der Waals surface area contributed by atoms with Gasteiger partial charge in [0, 0.05) is 25.0 Å². The Kier molecular flexibility index (Phi) is 5.77. The number of likely N-dealkylation sites (N-methyl/N-ethyl adjacent to an activating group) is 1. The molecule has 0 aromatic rings. The highest BCUT2D eigenvalue weighted by molar-refractivity contribution is 5.75. The topological polar surface area (TPSA) is 44.4 Å². The fraction of sp³-hybridized carbons (Fsp3) is 0.917. The molecule has 0 saturated carbocycles. The Morgan fingerprint density at radius 2 is 2.31 bits per heavy atom. The second-order valence-corrected chi connectivity index (χ2v) is 4.95. The van der Waals surface area contributed by atoms with E-state index in [0.717, 1.165) is 19.5 Å². The largest absolute Gasteiger partial charge is 0.355 e. The van der Waals surface area contributed by atoms with Gasteiger partial charge >= 0.3 is 0 Å². The van der Waals surface area contributed by atoms with Crippen LogP contribution in [-0.4, -0.2) is 50.1 Å². The van der Waals surface area contributed by atoms with Crippen LogP contribution < -0.4 is 10.6 Å². The molecule has 1 amide bonds. The van der Waals surface area contributed by atoms with Crippen molar-refractivity contribution in [3.8, 4) is 0 Å². The molecule has 1 fully saturated rings. The molecule has 16 heavy (non-hydrogen) atoms. The van der Waals surface area contributed by atoms with Gasteiger partial charge in [0.1, 0.15) is 0 Å². The van der Waals surface area contributed by atoms with E-state index in [4.69, 9.17) is 0 Å². The van der Waals surface area contributed by atoms with E-state index in [1.807, 2.05) is 14.1 Å². The van der Waals surface area contributed by atoms with Gasteiger partial charge in [-0.2, -0.15) is 0 Å². The number of carbonyl (C=O) groups is 1. The van der Waals surface area contributed by atoms with Gasteiger partial charge in [-0.25, -0.2) is 0 Å². The Morgan fingerprint density at radius 1 is 1.56 bits per heavy atom. The van der Waals surface area contributed by atoms with Gasteiger partial charge in [-0.05, 0) is 46.8 Å². The van der Waals surface area contributed by atoms with E-state index >= 15 is 0 Å². The summed E-state index contributed by atoms with van der Waals surface area (Å²) in [5.74, 6) is 0.183. The second kappa shape index (κ2) is 6.86. The minimum Gasteiger partial charge on any atom is -0.355 e. The van der Waals surface area contributed by atoms with Crippen LogP contribution in [0.25, 0.3) is 0 Å². The number of amides is 1. The highest BCUT2D eigenvalue weighted by atomic mass is 16.1. The van der Waals surface area contributed by atoms with E-state index in [9.17, 15) is 4.79 Å². The van der Waals surface area contributed by atoms with E-state index < -0.39 is 0 Å². The fourth-order valence-corrected chi connectivity index (χ4v) is 1.84. The molecule has 0 bridgehead atoms. The van der Waals surface area contributed by atoms with Crippen molar-refractivity contribution in [3.63, 3.8) is 0 Å². The quantitative estimate of drug-likeness (QED) is 0.698. The Balaban J connectivity index is 2.06. The van der Waals surface area contributed by atoms with E-state index in [-0.39, 0.29) is 5.91 Å². The van der Waals surface area contributed by atoms with Gasteiger partial charge in [-0.15, -0.1) is 0 Å². The van der Waals surface area contributed by atoms with Crippen molar-refractivity contribution in [2.75, 3.05) is 27.2 Å². The first-order valence-electron chi connectivity index (χ1n) is 6.26. The molecule has 2 atom stereocenters. The van der Waals surface area contributed by atoms with Crippen molar-refractivity contribution >= 4 is 5.91 Å². The molecule has 4 nitrogen and oxygen atoms in total. The highest BCUT2D eigenvalue weighted by Gasteiger charge is 2.15. The van der Waals surface area contributed by atoms with Crippen LogP contribution in [0, 0.1) is 0 Å². The van der Waals surface area contributed by atoms with Crippen LogP contribution >= 0.6 is 0 Å². The summed E-state index contributed by atoms with van der Waals surface area (Å²) in [5, 5.41) is 6.39. The third kappa shape index (κ3) is 4.94. The summed E-state index contributed by atoms with van der Waals surface area (Å²) in [7, 11) is 4.05. The smallest absolute Gasteiger partial charge is 0.220 e. The lowest BCUT2D eigenvalue weighted by Gasteiger charge is -2.20. The average Bonchev–Trinajstić information content (AvgIpc) is 2.75. The van der Waals surface area contributed by atoms with Gasteiger partial charge in [-0.3, -0.25) is 4.79 Å². The highest BCUT2D eigenvalue weighted by Crippen LogP contribution is 2.10. The molecule has 1 aliphatic heterocycles. The molecular weight excluding hydrogens is 202 g/mol. The third-order valence-electron chi connectivity index (χ3n) is 3.36. The molecule has 0 aliphatic carbocycles. The molecule has 0 aromatic carbocycles. The van der Waals surface area contributed by atoms with Gasteiger partial charge in [0.15, 0.2) is 0 Å². The van der Waals surface area contributed by atoms with Crippen LogP contribution in [0.2, 0.25) is 0 Å². The first kappa shape index (κ1) is 13.5. The Labute approximate surface area is 98.8 Å². The monoisotopic (exact) mass is 227 g/mol. The number of carbonyl (C=O) groups excluding carboxylic acids is 1. The maximum atomic E-state index is 11.6. The van der Waals surface area contributed by atoms with Gasteiger partial charge in [0.2, 0.25) is 5.91 Å². The number of nitrogens with one attached hydrogen (secondary N) is 2. The zero-order chi connectivity index (χ0) is 12.0. The maximum absolute atomic E-state index is 11.6. The summed E-state index contributed by atoms with van der Waals surface area (Å²) in [6.07, 6.45) is 4.10. The maximum Gasteiger partial charge on any atom is 0.220 e. The molecule has 0 radical (unpaired) electrons. The van der Waals surface area contributed by atoms with Crippen molar-refractivity contribution in [2.24, 2.45) is 0 Å². The summed E-state index contributed by atoms with van der Waals surface area (Å²) >= 11 is 0. The normalized spacial score (nSPS) is 22.4. The van der Waals surface area contributed by atoms with Crippen LogP contribution in [0.5, 0.6) is 0 Å². The molecule has 2 unspecified atom stereocenters. The van der Waals surface area contributed by atoms with Crippen molar-refractivity contribution < 1.29 is 4.79 Å². The molecule has 0 spiro atoms. The van der Waals surface area contributed by atoms with Crippen LogP contribution in [0.1, 0.15) is 32.6 Å². The zero-order valence-electron chi connectivity index (χ0n) is 10.8. The molecule has 0 aromatic heterocycles. The summed E-state index contributed by atoms with van der Waals surface area (Å²) in [4.78, 5) is 13.7. The molecule has 1 rings (SSSR count). The molecule has 4 heteroatoms. The number of rotatable bonds is 6. The Morgan fingerprint density at radius 3 is 2.88 bits per heavy atom. The van der Waals surface area contributed by atoms with Crippen molar-refractivity contribution in [2.45, 2.75) is 44.7 Å². The summed E-state index contributed by atoms with van der Waals surface area (Å²) < 4.78 is 0. The van der Waals surface area contributed by atoms with E-state index in [1.54, 1.807) is 0 Å². The molecule has 1 saturated heterocycles. The first-order chi connectivity index (χ1) is 7.59. The molecule has 1 heterocycles. The number of hydrogen-bond donors (Lipinski definition) is 2. The lowest BCUT2D eigenvalue weighted by Crippen LogP contribution is -2.38. The summed E-state index contributed by atoms with van der Waals surface area (Å²) in [5.41, 5.74) is 0. The minimum atomic E-state index is 0.183. The third-order valence-corrected chi connectivity index (χ3v) is 3.36. The van der Waals surface area contributed by atoms with Gasteiger partial charge in [0.25, 0.3) is 0 Å². The standard InChI is InChI=1S/C12H25N3O/c1-10(15(2)3)9-14-12(16)7-6-11-5-4-8-13-11/h10-11,13H,4-9H2,1-3H3,(H,14,16). The van der Waals surface area contributed by atoms with E-state index in [2.05, 4.69) is 22.5 Å². The minimum absolute atomic E-state index is 0.183. The van der Waals surface area contributed by atoms with Crippen molar-refractivity contribution in [3.05, 3.63) is 0 Å². The zero-order valence-corrected chi connectivity index (χ0v) is 10.8. The predicted molar refractivity (Wildman–Crippen MR) is 66.4 cm³/mol. The lowest BCUT2D eigenvalue weighted by molar-refractivity contribution is -0.121. The van der Waals surface area contributed by atoms with Crippen LogP contribution in [0.3, 0.4) is 0 Å². The number of hydrogen-bond acceptors (Lipinski definition) is 3. The predicted octanol–water partition coefficient (Wildman–Crippen LogP) is 0.585. The number of nitrogens with zero attached hydrogens (tertiary/aromatic N) is 1. The molecular formula is C12H25N3O. The SMILES string of the molecule is CC(CNC(=O)CCC1CCCN1)N(C)C. The molecule has 94 valence electrons. The Hall–Kier alpha value is -0.610. The fourth-order valence-electron chi connectivity index (χ4n) is 1.84. The second-order valence-electron chi connectivity index (χ2n) is 4.95. The van der Waals surface area contributed by atoms with Crippen LogP contribution in [0.4, 0.5) is 0 Å². The van der Waals surface area contributed by atoms with Crippen molar-refractivity contribution in [1.82, 2.24) is 15.5 Å². The van der Waals surface area contributed by atoms with Crippen LogP contribution in [0.15, 0.2) is 0 Å². The first-order valence-corrected chi connectivity index (χ1v) is 6.26. The average molecular weight is 227 g/mol. The van der Waals surface area contributed by atoms with E-state index in [1.165, 1.54) is 12.8 Å². The lowest BCUT2D eigenvalue weighted by atomic mass is 10.1. The summed E-state index contributed by atoms with van der Waals surface area (Å²) in [6, 6.07) is 0.963. The van der Waals surface area contributed by atoms with Gasteiger partial charge in [-0.1, -0.05) is 0 Å². The van der Waals surface area contributed by atoms with Crippen molar-refractivity contribution in [1.29, 1.82) is 0 Å². The van der Waals surface area contributed by atoms with Crippen LogP contribution in [-0.2, 0) is 4.79 Å². The van der Waals surface area contributed by atoms with Gasteiger partial charge < -0.3 is 15.5 Å². The molecule has 2 N–H and O–H groups in total. The van der Waals surface area contributed by atoms with Gasteiger partial charge in [0.05, 0.1) is 0 Å². The Bertz CT molecular complexity index is 204. The van der Waals surface area contributed by atoms with E-state index in [0.29, 0.717) is 18.5 Å². The molecule has 1 aliphatic rings.